The number of hydrogen-bond acceptors (Lipinski definition) is 3. The van der Waals surface area contributed by atoms with E-state index < -0.39 is 11.7 Å². The molecule has 0 fully saturated rings. The highest BCUT2D eigenvalue weighted by molar-refractivity contribution is 6.02. The molecule has 66 valence electrons. The molecule has 0 bridgehead atoms. The van der Waals surface area contributed by atoms with E-state index in [2.05, 4.69) is 15.2 Å². The van der Waals surface area contributed by atoms with Crippen molar-refractivity contribution in [3.05, 3.63) is 23.8 Å². The SMILES string of the molecule is NC(=O)c1n[nH]c2ncc(F)cc12. The lowest BCUT2D eigenvalue weighted by Gasteiger charge is -1.89. The van der Waals surface area contributed by atoms with E-state index in [1.165, 1.54) is 0 Å². The van der Waals surface area contributed by atoms with Gasteiger partial charge in [0, 0.05) is 0 Å². The van der Waals surface area contributed by atoms with Crippen LogP contribution in [0.2, 0.25) is 0 Å². The number of aromatic amines is 1. The number of nitrogens with zero attached hydrogens (tertiary/aromatic N) is 2. The van der Waals surface area contributed by atoms with Gasteiger partial charge in [0.25, 0.3) is 5.91 Å². The number of primary amides is 1. The van der Waals surface area contributed by atoms with E-state index in [1.54, 1.807) is 0 Å². The number of aromatic nitrogens is 3. The molecule has 13 heavy (non-hydrogen) atoms. The summed E-state index contributed by atoms with van der Waals surface area (Å²) < 4.78 is 12.7. The Bertz CT molecular complexity index is 478. The summed E-state index contributed by atoms with van der Waals surface area (Å²) in [6.45, 7) is 0. The van der Waals surface area contributed by atoms with Crippen LogP contribution in [-0.2, 0) is 0 Å². The van der Waals surface area contributed by atoms with Gasteiger partial charge >= 0.3 is 0 Å². The lowest BCUT2D eigenvalue weighted by Crippen LogP contribution is -2.11. The second-order valence-electron chi connectivity index (χ2n) is 2.49. The van der Waals surface area contributed by atoms with Gasteiger partial charge in [-0.2, -0.15) is 5.10 Å². The molecule has 5 nitrogen and oxygen atoms in total. The first-order chi connectivity index (χ1) is 6.18. The van der Waals surface area contributed by atoms with Crippen molar-refractivity contribution in [1.29, 1.82) is 0 Å². The Kier molecular flexibility index (Phi) is 1.48. The Morgan fingerprint density at radius 3 is 3.08 bits per heavy atom. The monoisotopic (exact) mass is 180 g/mol. The number of fused-ring (bicyclic) bond motifs is 1. The molecule has 0 aromatic carbocycles. The summed E-state index contributed by atoms with van der Waals surface area (Å²) in [5.74, 6) is -1.24. The molecule has 3 N–H and O–H groups in total. The highest BCUT2D eigenvalue weighted by Gasteiger charge is 2.11. The third-order valence-electron chi connectivity index (χ3n) is 1.62. The summed E-state index contributed by atoms with van der Waals surface area (Å²) in [6.07, 6.45) is 1.03. The largest absolute Gasteiger partial charge is 0.364 e. The van der Waals surface area contributed by atoms with E-state index in [9.17, 15) is 9.18 Å². The van der Waals surface area contributed by atoms with E-state index in [0.29, 0.717) is 11.0 Å². The van der Waals surface area contributed by atoms with Crippen molar-refractivity contribution < 1.29 is 9.18 Å². The van der Waals surface area contributed by atoms with Crippen molar-refractivity contribution in [2.45, 2.75) is 0 Å². The number of carbonyl (C=O) groups excluding carboxylic acids is 1. The van der Waals surface area contributed by atoms with Gasteiger partial charge in [-0.15, -0.1) is 0 Å². The number of halogens is 1. The van der Waals surface area contributed by atoms with Crippen LogP contribution in [0.25, 0.3) is 11.0 Å². The third-order valence-corrected chi connectivity index (χ3v) is 1.62. The first-order valence-corrected chi connectivity index (χ1v) is 3.48. The van der Waals surface area contributed by atoms with Gasteiger partial charge in [0.15, 0.2) is 11.3 Å². The molecule has 0 spiro atoms. The smallest absolute Gasteiger partial charge is 0.269 e. The lowest BCUT2D eigenvalue weighted by molar-refractivity contribution is 0.0997. The quantitative estimate of drug-likeness (QED) is 0.657. The molecular weight excluding hydrogens is 175 g/mol. The van der Waals surface area contributed by atoms with Crippen molar-refractivity contribution in [3.63, 3.8) is 0 Å². The molecule has 0 aliphatic carbocycles. The molecule has 0 aliphatic heterocycles. The molecule has 2 heterocycles. The lowest BCUT2D eigenvalue weighted by atomic mass is 10.2. The molecule has 1 amide bonds. The molecule has 0 aliphatic rings. The molecule has 2 aromatic rings. The van der Waals surface area contributed by atoms with Gasteiger partial charge in [0.05, 0.1) is 11.6 Å². The van der Waals surface area contributed by atoms with Crippen LogP contribution in [0.1, 0.15) is 10.5 Å². The molecule has 2 rings (SSSR count). The Morgan fingerprint density at radius 2 is 2.38 bits per heavy atom. The van der Waals surface area contributed by atoms with Crippen LogP contribution in [0.5, 0.6) is 0 Å². The number of carbonyl (C=O) groups is 1. The van der Waals surface area contributed by atoms with Crippen LogP contribution < -0.4 is 5.73 Å². The Hall–Kier alpha value is -1.98. The Morgan fingerprint density at radius 1 is 1.62 bits per heavy atom. The van der Waals surface area contributed by atoms with Crippen molar-refractivity contribution in [1.82, 2.24) is 15.2 Å². The summed E-state index contributed by atoms with van der Waals surface area (Å²) in [7, 11) is 0. The zero-order valence-corrected chi connectivity index (χ0v) is 6.41. The molecule has 0 radical (unpaired) electrons. The van der Waals surface area contributed by atoms with Crippen molar-refractivity contribution in [2.24, 2.45) is 5.73 Å². The van der Waals surface area contributed by atoms with Gasteiger partial charge in [0.1, 0.15) is 5.82 Å². The number of rotatable bonds is 1. The number of pyridine rings is 1. The van der Waals surface area contributed by atoms with E-state index in [-0.39, 0.29) is 5.69 Å². The second-order valence-corrected chi connectivity index (χ2v) is 2.49. The average Bonchev–Trinajstić information content (AvgIpc) is 2.46. The molecule has 2 aromatic heterocycles. The highest BCUT2D eigenvalue weighted by atomic mass is 19.1. The van der Waals surface area contributed by atoms with Crippen LogP contribution in [0.4, 0.5) is 4.39 Å². The fraction of sp³-hybridized carbons (Fsp3) is 0. The van der Waals surface area contributed by atoms with E-state index in [4.69, 9.17) is 5.73 Å². The molecule has 0 unspecified atom stereocenters. The predicted octanol–water partition coefficient (Wildman–Crippen LogP) is 0.196. The number of amides is 1. The Balaban J connectivity index is 2.79. The van der Waals surface area contributed by atoms with Crippen LogP contribution >= 0.6 is 0 Å². The zero-order chi connectivity index (χ0) is 9.42. The summed E-state index contributed by atoms with van der Waals surface area (Å²) >= 11 is 0. The highest BCUT2D eigenvalue weighted by Crippen LogP contribution is 2.13. The minimum absolute atomic E-state index is 0.00185. The van der Waals surface area contributed by atoms with E-state index in [0.717, 1.165) is 12.3 Å². The predicted molar refractivity (Wildman–Crippen MR) is 42.4 cm³/mol. The van der Waals surface area contributed by atoms with Crippen LogP contribution in [0.3, 0.4) is 0 Å². The van der Waals surface area contributed by atoms with E-state index >= 15 is 0 Å². The van der Waals surface area contributed by atoms with Gasteiger partial charge in [-0.3, -0.25) is 9.89 Å². The first-order valence-electron chi connectivity index (χ1n) is 3.48. The van der Waals surface area contributed by atoms with Gasteiger partial charge in [-0.05, 0) is 6.07 Å². The summed E-state index contributed by atoms with van der Waals surface area (Å²) in [6, 6.07) is 1.16. The summed E-state index contributed by atoms with van der Waals surface area (Å²) in [5, 5.41) is 6.37. The zero-order valence-electron chi connectivity index (χ0n) is 6.41. The third kappa shape index (κ3) is 1.12. The number of nitrogens with two attached hydrogens (primary N) is 1. The average molecular weight is 180 g/mol. The molecule has 0 saturated heterocycles. The molecule has 6 heteroatoms. The Labute approximate surface area is 71.8 Å². The summed E-state index contributed by atoms with van der Waals surface area (Å²) in [4.78, 5) is 14.5. The van der Waals surface area contributed by atoms with Crippen LogP contribution in [0, 0.1) is 5.82 Å². The molecule has 0 atom stereocenters. The maximum atomic E-state index is 12.7. The molecule has 0 saturated carbocycles. The summed E-state index contributed by atoms with van der Waals surface area (Å²) in [5.41, 5.74) is 5.35. The van der Waals surface area contributed by atoms with Crippen molar-refractivity contribution in [2.75, 3.05) is 0 Å². The van der Waals surface area contributed by atoms with Crippen LogP contribution in [0.15, 0.2) is 12.3 Å². The molecular formula is C7H5FN4O. The number of H-pyrrole nitrogens is 1. The topological polar surface area (TPSA) is 84.7 Å². The fourth-order valence-electron chi connectivity index (χ4n) is 1.07. The number of nitrogens with one attached hydrogen (secondary N) is 1. The maximum Gasteiger partial charge on any atom is 0.269 e. The van der Waals surface area contributed by atoms with Gasteiger partial charge in [0.2, 0.25) is 0 Å². The minimum Gasteiger partial charge on any atom is -0.364 e. The minimum atomic E-state index is -0.710. The van der Waals surface area contributed by atoms with Crippen molar-refractivity contribution in [3.8, 4) is 0 Å². The van der Waals surface area contributed by atoms with Gasteiger partial charge in [-0.1, -0.05) is 0 Å². The first kappa shape index (κ1) is 7.66. The van der Waals surface area contributed by atoms with Crippen LogP contribution in [-0.4, -0.2) is 21.1 Å². The van der Waals surface area contributed by atoms with E-state index in [1.807, 2.05) is 0 Å². The standard InChI is InChI=1S/C7H5FN4O/c8-3-1-4-5(6(9)13)11-12-7(4)10-2-3/h1-2H,(H2,9,13)(H,10,11,12). The van der Waals surface area contributed by atoms with Crippen molar-refractivity contribution >= 4 is 16.9 Å². The maximum absolute atomic E-state index is 12.7. The fourth-order valence-corrected chi connectivity index (χ4v) is 1.07. The number of hydrogen-bond donors (Lipinski definition) is 2. The normalized spacial score (nSPS) is 10.5. The second kappa shape index (κ2) is 2.51. The van der Waals surface area contributed by atoms with Gasteiger partial charge < -0.3 is 5.73 Å². The van der Waals surface area contributed by atoms with Gasteiger partial charge in [-0.25, -0.2) is 9.37 Å².